The second-order valence-electron chi connectivity index (χ2n) is 5.50. The maximum atomic E-state index is 12.3. The lowest BCUT2D eigenvalue weighted by Gasteiger charge is -2.33. The highest BCUT2D eigenvalue weighted by Crippen LogP contribution is 2.15. The van der Waals surface area contributed by atoms with Crippen molar-refractivity contribution in [3.05, 3.63) is 16.7 Å². The third-order valence-corrected chi connectivity index (χ3v) is 3.80. The van der Waals surface area contributed by atoms with Crippen LogP contribution in [0.25, 0.3) is 0 Å². The number of imidazole rings is 1. The molecule has 0 saturated carbocycles. The molecule has 22 heavy (non-hydrogen) atoms. The van der Waals surface area contributed by atoms with Crippen LogP contribution in [-0.2, 0) is 11.2 Å². The molecule has 1 amide bonds. The lowest BCUT2D eigenvalue weighted by molar-refractivity contribution is -0.0220. The number of aryl methyl sites for hydroxylation is 1. The van der Waals surface area contributed by atoms with Gasteiger partial charge < -0.3 is 20.4 Å². The highest BCUT2D eigenvalue weighted by molar-refractivity contribution is 6.30. The Morgan fingerprint density at radius 3 is 2.86 bits per heavy atom. The maximum Gasteiger partial charge on any atom is 0.287 e. The van der Waals surface area contributed by atoms with Crippen molar-refractivity contribution in [3.8, 4) is 0 Å². The van der Waals surface area contributed by atoms with Crippen LogP contribution in [0.15, 0.2) is 0 Å². The Morgan fingerprint density at radius 1 is 1.55 bits per heavy atom. The molecule has 0 aliphatic carbocycles. The van der Waals surface area contributed by atoms with Crippen molar-refractivity contribution in [2.24, 2.45) is 0 Å². The Balaban J connectivity index is 0.00000242. The summed E-state index contributed by atoms with van der Waals surface area (Å²) < 4.78 is 5.86. The summed E-state index contributed by atoms with van der Waals surface area (Å²) in [4.78, 5) is 19.3. The van der Waals surface area contributed by atoms with Gasteiger partial charge >= 0.3 is 0 Å². The fourth-order valence-electron chi connectivity index (χ4n) is 2.45. The van der Waals surface area contributed by atoms with Gasteiger partial charge in [-0.2, -0.15) is 0 Å². The van der Waals surface area contributed by atoms with Crippen molar-refractivity contribution >= 4 is 29.9 Å². The first-order valence-electron chi connectivity index (χ1n) is 7.42. The fraction of sp³-hybridized carbons (Fsp3) is 0.714. The molecule has 2 heterocycles. The molecule has 0 unspecified atom stereocenters. The summed E-state index contributed by atoms with van der Waals surface area (Å²) >= 11 is 5.97. The first kappa shape index (κ1) is 19.2. The maximum absolute atomic E-state index is 12.3. The van der Waals surface area contributed by atoms with Gasteiger partial charge in [0.25, 0.3) is 5.91 Å². The van der Waals surface area contributed by atoms with Crippen LogP contribution in [0.3, 0.4) is 0 Å². The van der Waals surface area contributed by atoms with Crippen LogP contribution < -0.4 is 10.6 Å². The van der Waals surface area contributed by atoms with Gasteiger partial charge in [0.2, 0.25) is 0 Å². The lowest BCUT2D eigenvalue weighted by Crippen LogP contribution is -2.54. The number of hydrogen-bond donors (Lipinski definition) is 3. The summed E-state index contributed by atoms with van der Waals surface area (Å²) in [5, 5.41) is 6.65. The van der Waals surface area contributed by atoms with Crippen LogP contribution >= 0.6 is 24.0 Å². The van der Waals surface area contributed by atoms with Crippen LogP contribution in [0.1, 0.15) is 43.5 Å². The second kappa shape index (κ2) is 8.72. The van der Waals surface area contributed by atoms with Gasteiger partial charge in [-0.15, -0.1) is 12.4 Å². The minimum atomic E-state index is -0.235. The number of ether oxygens (including phenoxy) is 1. The average Bonchev–Trinajstić information content (AvgIpc) is 2.81. The molecule has 1 aromatic rings. The molecule has 0 aromatic carbocycles. The van der Waals surface area contributed by atoms with Crippen molar-refractivity contribution in [3.63, 3.8) is 0 Å². The molecule has 2 rings (SSSR count). The summed E-state index contributed by atoms with van der Waals surface area (Å²) in [7, 11) is 0. The summed E-state index contributed by atoms with van der Waals surface area (Å²) in [6, 6.07) is -0.0184. The largest absolute Gasteiger partial charge is 0.372 e. The number of nitrogens with zero attached hydrogens (tertiary/aromatic N) is 1. The monoisotopic (exact) mass is 350 g/mol. The molecule has 1 aromatic heterocycles. The van der Waals surface area contributed by atoms with Gasteiger partial charge in [-0.25, -0.2) is 4.98 Å². The van der Waals surface area contributed by atoms with E-state index in [0.717, 1.165) is 25.2 Å². The standard InChI is InChI=1S/C14H23ClN4O2.ClH/c1-4-9-12(15)19-13(17-9)14(20)18-10-5-6-16-7-11(10)21-8(2)3;/h8,10-11,16H,4-7H2,1-3H3,(H,17,19)(H,18,20);1H/t10-,11+;/m0./s1. The molecule has 0 spiro atoms. The zero-order valence-corrected chi connectivity index (χ0v) is 14.7. The molecule has 6 nitrogen and oxygen atoms in total. The van der Waals surface area contributed by atoms with E-state index in [4.69, 9.17) is 16.3 Å². The van der Waals surface area contributed by atoms with E-state index < -0.39 is 0 Å². The van der Waals surface area contributed by atoms with Crippen LogP contribution in [0.5, 0.6) is 0 Å². The van der Waals surface area contributed by atoms with Crippen molar-refractivity contribution in [1.82, 2.24) is 20.6 Å². The minimum Gasteiger partial charge on any atom is -0.372 e. The summed E-state index contributed by atoms with van der Waals surface area (Å²) in [5.74, 6) is 0.0273. The smallest absolute Gasteiger partial charge is 0.287 e. The molecule has 0 radical (unpaired) electrons. The van der Waals surface area contributed by atoms with Crippen LogP contribution in [0.2, 0.25) is 5.15 Å². The summed E-state index contributed by atoms with van der Waals surface area (Å²) in [6.45, 7) is 7.55. The Kier molecular flexibility index (Phi) is 7.62. The second-order valence-corrected chi connectivity index (χ2v) is 5.86. The SMILES string of the molecule is CCc1[nH]c(C(=O)N[C@H]2CCNC[C@H]2OC(C)C)nc1Cl.Cl. The molecule has 1 saturated heterocycles. The van der Waals surface area contributed by atoms with Crippen LogP contribution in [0, 0.1) is 0 Å². The Hall–Kier alpha value is -0.820. The number of piperidine rings is 1. The normalized spacial score (nSPS) is 21.5. The molecule has 0 bridgehead atoms. The number of aromatic nitrogens is 2. The summed E-state index contributed by atoms with van der Waals surface area (Å²) in [6.07, 6.45) is 1.64. The van der Waals surface area contributed by atoms with Crippen LogP contribution in [-0.4, -0.2) is 47.2 Å². The number of halogens is 2. The first-order valence-corrected chi connectivity index (χ1v) is 7.80. The van der Waals surface area contributed by atoms with Gasteiger partial charge in [0.15, 0.2) is 11.0 Å². The van der Waals surface area contributed by atoms with Gasteiger partial charge in [0.1, 0.15) is 0 Å². The third kappa shape index (κ3) is 4.84. The number of aromatic amines is 1. The van der Waals surface area contributed by atoms with Crippen molar-refractivity contribution in [2.75, 3.05) is 13.1 Å². The Labute approximate surface area is 142 Å². The molecule has 3 N–H and O–H groups in total. The molecule has 126 valence electrons. The molecule has 2 atom stereocenters. The predicted octanol–water partition coefficient (Wildman–Crippen LogP) is 1.93. The molecule has 8 heteroatoms. The lowest BCUT2D eigenvalue weighted by atomic mass is 10.0. The quantitative estimate of drug-likeness (QED) is 0.758. The predicted molar refractivity (Wildman–Crippen MR) is 89.0 cm³/mol. The van der Waals surface area contributed by atoms with E-state index in [-0.39, 0.29) is 42.4 Å². The highest BCUT2D eigenvalue weighted by Gasteiger charge is 2.29. The fourth-order valence-corrected chi connectivity index (χ4v) is 2.72. The van der Waals surface area contributed by atoms with Gasteiger partial charge in [0, 0.05) is 6.54 Å². The number of nitrogens with one attached hydrogen (secondary N) is 3. The molecule has 1 aliphatic heterocycles. The highest BCUT2D eigenvalue weighted by atomic mass is 35.5. The van der Waals surface area contributed by atoms with E-state index in [9.17, 15) is 4.79 Å². The third-order valence-electron chi connectivity index (χ3n) is 3.49. The number of carbonyl (C=O) groups is 1. The van der Waals surface area contributed by atoms with E-state index in [1.807, 2.05) is 20.8 Å². The molecule has 1 aliphatic rings. The number of hydrogen-bond acceptors (Lipinski definition) is 4. The summed E-state index contributed by atoms with van der Waals surface area (Å²) in [5.41, 5.74) is 0.780. The average molecular weight is 351 g/mol. The molecular weight excluding hydrogens is 327 g/mol. The Morgan fingerprint density at radius 2 is 2.27 bits per heavy atom. The molecule has 1 fully saturated rings. The topological polar surface area (TPSA) is 79.0 Å². The zero-order valence-electron chi connectivity index (χ0n) is 13.1. The number of H-pyrrole nitrogens is 1. The van der Waals surface area contributed by atoms with Crippen molar-refractivity contribution < 1.29 is 9.53 Å². The van der Waals surface area contributed by atoms with Crippen LogP contribution in [0.4, 0.5) is 0 Å². The van der Waals surface area contributed by atoms with E-state index in [2.05, 4.69) is 20.6 Å². The number of rotatable bonds is 5. The zero-order chi connectivity index (χ0) is 15.4. The van der Waals surface area contributed by atoms with Crippen molar-refractivity contribution in [2.45, 2.75) is 51.9 Å². The van der Waals surface area contributed by atoms with Crippen molar-refractivity contribution in [1.29, 1.82) is 0 Å². The van der Waals surface area contributed by atoms with E-state index in [0.29, 0.717) is 11.6 Å². The van der Waals surface area contributed by atoms with E-state index in [1.165, 1.54) is 0 Å². The number of carbonyl (C=O) groups excluding carboxylic acids is 1. The first-order chi connectivity index (χ1) is 10.0. The van der Waals surface area contributed by atoms with Gasteiger partial charge in [0.05, 0.1) is 23.9 Å². The van der Waals surface area contributed by atoms with Gasteiger partial charge in [-0.1, -0.05) is 18.5 Å². The molecular formula is C14H24Cl2N4O2. The van der Waals surface area contributed by atoms with Gasteiger partial charge in [-0.3, -0.25) is 4.79 Å². The Bertz CT molecular complexity index is 493. The van der Waals surface area contributed by atoms with E-state index >= 15 is 0 Å². The number of amides is 1. The van der Waals surface area contributed by atoms with Gasteiger partial charge in [-0.05, 0) is 33.2 Å². The minimum absolute atomic E-state index is 0. The van der Waals surface area contributed by atoms with E-state index in [1.54, 1.807) is 0 Å².